The van der Waals surface area contributed by atoms with Gasteiger partial charge in [-0.25, -0.2) is 0 Å². The molecule has 0 N–H and O–H groups in total. The van der Waals surface area contributed by atoms with Gasteiger partial charge in [-0.15, -0.1) is 6.58 Å². The van der Waals surface area contributed by atoms with Crippen LogP contribution in [0.4, 0.5) is 0 Å². The maximum absolute atomic E-state index is 4.55. The maximum Gasteiger partial charge on any atom is 0.183 e. The van der Waals surface area contributed by atoms with Crippen molar-refractivity contribution in [2.24, 2.45) is 0 Å². The Morgan fingerprint density at radius 1 is 1.19 bits per heavy atom. The van der Waals surface area contributed by atoms with Crippen molar-refractivity contribution < 1.29 is 8.93 Å². The predicted octanol–water partition coefficient (Wildman–Crippen LogP) is 5.72. The summed E-state index contributed by atoms with van der Waals surface area (Å²) in [5.41, 5.74) is 0. The fraction of sp³-hybridized carbons (Fsp3) is 0.462. The van der Waals surface area contributed by atoms with Crippen LogP contribution in [0.2, 0.25) is 0 Å². The second kappa shape index (κ2) is 14.0. The van der Waals surface area contributed by atoms with Gasteiger partial charge in [0.15, 0.2) is 8.43 Å². The van der Waals surface area contributed by atoms with Crippen LogP contribution in [0.15, 0.2) is 51.8 Å². The Kier molecular flexibility index (Phi) is 13.1. The Morgan fingerprint density at radius 3 is 2.81 bits per heavy atom. The van der Waals surface area contributed by atoms with Crippen LogP contribution in [0.1, 0.15) is 39.0 Å². The zero-order valence-corrected chi connectivity index (χ0v) is 10.9. The lowest BCUT2D eigenvalue weighted by atomic mass is 10.2. The van der Waals surface area contributed by atoms with E-state index in [9.17, 15) is 0 Å². The van der Waals surface area contributed by atoms with Gasteiger partial charge >= 0.3 is 0 Å². The third-order valence-electron chi connectivity index (χ3n) is 1.85. The molecule has 0 spiro atoms. The Balaban J connectivity index is 0.000000281. The van der Waals surface area contributed by atoms with E-state index in [1.165, 1.54) is 38.4 Å². The van der Waals surface area contributed by atoms with Crippen LogP contribution in [0, 0.1) is 0 Å². The predicted molar refractivity (Wildman–Crippen MR) is 70.1 cm³/mol. The van der Waals surface area contributed by atoms with E-state index < -0.39 is 0 Å². The van der Waals surface area contributed by atoms with Gasteiger partial charge in [0.2, 0.25) is 0 Å². The third kappa shape index (κ3) is 13.0. The molecule has 0 amide bonds. The lowest BCUT2D eigenvalue weighted by molar-refractivity contribution is 0.101. The van der Waals surface area contributed by atoms with Crippen molar-refractivity contribution in [2.45, 2.75) is 39.0 Å². The fourth-order valence-electron chi connectivity index (χ4n) is 1.02. The molecule has 0 saturated heterocycles. The minimum absolute atomic E-state index is 0.724. The second-order valence-corrected chi connectivity index (χ2v) is 3.93. The summed E-state index contributed by atoms with van der Waals surface area (Å²) in [5, 5.41) is 0. The van der Waals surface area contributed by atoms with Crippen LogP contribution in [-0.4, -0.2) is 0 Å². The summed E-state index contributed by atoms with van der Waals surface area (Å²) >= 11 is 0. The summed E-state index contributed by atoms with van der Waals surface area (Å²) in [5.74, 6) is 1.84. The van der Waals surface area contributed by atoms with Gasteiger partial charge in [-0.05, 0) is 18.9 Å². The standard InChI is InChI=1S/C8H16.C5H5O2P/c1-3-5-7-8-6-4-2;1-2-4-6-7-8-5-3-1/h3H,1,4-8H2,2H3;1-5H. The topological polar surface area (TPSA) is 26.3 Å². The monoisotopic (exact) mass is 240 g/mol. The first-order chi connectivity index (χ1) is 7.91. The highest BCUT2D eigenvalue weighted by atomic mass is 31.1. The van der Waals surface area contributed by atoms with Gasteiger partial charge in [0.05, 0.1) is 0 Å². The van der Waals surface area contributed by atoms with E-state index in [2.05, 4.69) is 22.4 Å². The summed E-state index contributed by atoms with van der Waals surface area (Å²) in [7, 11) is 0.724. The zero-order valence-electron chi connectivity index (χ0n) is 9.97. The van der Waals surface area contributed by atoms with Crippen LogP contribution in [0.3, 0.4) is 0 Å². The SMILES string of the molecule is C=CCCCCCC.c1ccoopcc1. The molecule has 2 nitrogen and oxygen atoms in total. The van der Waals surface area contributed by atoms with Crippen LogP contribution >= 0.6 is 8.43 Å². The average molecular weight is 240 g/mol. The van der Waals surface area contributed by atoms with Crippen LogP contribution in [-0.2, 0) is 0 Å². The number of rotatable bonds is 5. The molecule has 1 aromatic heterocycles. The van der Waals surface area contributed by atoms with Crippen molar-refractivity contribution in [3.63, 3.8) is 0 Å². The molecule has 3 heteroatoms. The fourth-order valence-corrected chi connectivity index (χ4v) is 1.34. The van der Waals surface area contributed by atoms with Crippen molar-refractivity contribution in [1.82, 2.24) is 0 Å². The summed E-state index contributed by atoms with van der Waals surface area (Å²) in [6.07, 6.45) is 10.1. The van der Waals surface area contributed by atoms with Crippen molar-refractivity contribution in [3.8, 4) is 0 Å². The molecular weight excluding hydrogens is 219 g/mol. The first-order valence-electron chi connectivity index (χ1n) is 5.70. The Morgan fingerprint density at radius 2 is 2.06 bits per heavy atom. The highest BCUT2D eigenvalue weighted by molar-refractivity contribution is 7.21. The Hall–Kier alpha value is -1.01. The molecule has 0 saturated carbocycles. The molecule has 0 aromatic carbocycles. The molecule has 90 valence electrons. The molecule has 0 aliphatic rings. The molecule has 0 bridgehead atoms. The molecule has 16 heavy (non-hydrogen) atoms. The van der Waals surface area contributed by atoms with E-state index in [0.717, 1.165) is 8.43 Å². The largest absolute Gasteiger partial charge is 0.295 e. The van der Waals surface area contributed by atoms with Crippen molar-refractivity contribution in [1.29, 1.82) is 0 Å². The quantitative estimate of drug-likeness (QED) is 0.373. The van der Waals surface area contributed by atoms with E-state index in [1.807, 2.05) is 24.0 Å². The second-order valence-electron chi connectivity index (χ2n) is 3.28. The number of allylic oxidation sites excluding steroid dienone is 1. The van der Waals surface area contributed by atoms with Gasteiger partial charge in [0, 0.05) is 5.80 Å². The molecule has 1 aromatic rings. The Bertz CT molecular complexity index is 214. The van der Waals surface area contributed by atoms with E-state index in [-0.39, 0.29) is 0 Å². The minimum atomic E-state index is 0.724. The summed E-state index contributed by atoms with van der Waals surface area (Å²) < 4.78 is 9.05. The number of unbranched alkanes of at least 4 members (excludes halogenated alkanes) is 4. The molecule has 1 heterocycles. The molecular formula is C13H21O2P. The molecule has 0 radical (unpaired) electrons. The van der Waals surface area contributed by atoms with Gasteiger partial charge in [-0.1, -0.05) is 44.4 Å². The number of hydrogen-bond donors (Lipinski definition) is 0. The first kappa shape index (κ1) is 15.0. The zero-order chi connectivity index (χ0) is 11.9. The van der Waals surface area contributed by atoms with Crippen LogP contribution in [0.25, 0.3) is 0 Å². The van der Waals surface area contributed by atoms with E-state index in [4.69, 9.17) is 0 Å². The molecule has 0 atom stereocenters. The molecule has 0 aliphatic heterocycles. The summed E-state index contributed by atoms with van der Waals surface area (Å²) in [4.78, 5) is 0. The van der Waals surface area contributed by atoms with Gasteiger partial charge in [-0.3, -0.25) is 8.93 Å². The summed E-state index contributed by atoms with van der Waals surface area (Å²) in [6, 6.07) is 5.52. The maximum atomic E-state index is 4.55. The van der Waals surface area contributed by atoms with Crippen molar-refractivity contribution in [2.75, 3.05) is 0 Å². The lowest BCUT2D eigenvalue weighted by Crippen LogP contribution is -1.71. The molecule has 1 rings (SSSR count). The normalized spacial score (nSPS) is 9.06. The average Bonchev–Trinajstić information content (AvgIpc) is 2.24. The van der Waals surface area contributed by atoms with Crippen LogP contribution in [0.5, 0.6) is 0 Å². The van der Waals surface area contributed by atoms with E-state index in [0.29, 0.717) is 0 Å². The number of hydrogen-bond acceptors (Lipinski definition) is 2. The van der Waals surface area contributed by atoms with Crippen molar-refractivity contribution >= 4 is 8.43 Å². The minimum Gasteiger partial charge on any atom is -0.295 e. The molecule has 0 aliphatic carbocycles. The lowest BCUT2D eigenvalue weighted by Gasteiger charge is -1.91. The summed E-state index contributed by atoms with van der Waals surface area (Å²) in [6.45, 7) is 5.89. The van der Waals surface area contributed by atoms with Gasteiger partial charge in [0.1, 0.15) is 6.26 Å². The Labute approximate surface area is 99.8 Å². The first-order valence-corrected chi connectivity index (χ1v) is 6.58. The van der Waals surface area contributed by atoms with Gasteiger partial charge in [0.25, 0.3) is 0 Å². The third-order valence-corrected chi connectivity index (χ3v) is 2.32. The van der Waals surface area contributed by atoms with Crippen LogP contribution < -0.4 is 0 Å². The van der Waals surface area contributed by atoms with Crippen molar-refractivity contribution in [3.05, 3.63) is 42.9 Å². The van der Waals surface area contributed by atoms with Gasteiger partial charge in [-0.2, -0.15) is 0 Å². The van der Waals surface area contributed by atoms with E-state index >= 15 is 0 Å². The highest BCUT2D eigenvalue weighted by Gasteiger charge is 1.81. The molecule has 0 fully saturated rings. The van der Waals surface area contributed by atoms with Gasteiger partial charge < -0.3 is 0 Å². The smallest absolute Gasteiger partial charge is 0.183 e. The molecule has 0 unspecified atom stereocenters. The highest BCUT2D eigenvalue weighted by Crippen LogP contribution is 2.01. The van der Waals surface area contributed by atoms with E-state index in [1.54, 1.807) is 6.07 Å².